The molecular formula is C17H19N3O4S. The van der Waals surface area contributed by atoms with Crippen LogP contribution in [0, 0.1) is 6.92 Å². The molecule has 2 aromatic carbocycles. The highest BCUT2D eigenvalue weighted by molar-refractivity contribution is 7.89. The van der Waals surface area contributed by atoms with Crippen LogP contribution in [-0.4, -0.2) is 26.8 Å². The van der Waals surface area contributed by atoms with E-state index < -0.39 is 10.0 Å². The average molecular weight is 361 g/mol. The molecule has 8 heteroatoms. The van der Waals surface area contributed by atoms with Crippen molar-refractivity contribution in [2.24, 2.45) is 5.14 Å². The largest absolute Gasteiger partial charge is 0.352 e. The number of nitrogens with two attached hydrogens (primary N) is 1. The summed E-state index contributed by atoms with van der Waals surface area (Å²) in [5.41, 5.74) is 1.88. The Morgan fingerprint density at radius 2 is 1.68 bits per heavy atom. The van der Waals surface area contributed by atoms with Crippen molar-refractivity contribution in [1.82, 2.24) is 5.32 Å². The van der Waals surface area contributed by atoms with E-state index in [1.54, 1.807) is 12.1 Å². The van der Waals surface area contributed by atoms with Crippen molar-refractivity contribution < 1.29 is 18.0 Å². The van der Waals surface area contributed by atoms with Crippen molar-refractivity contribution >= 4 is 27.5 Å². The molecule has 0 saturated carbocycles. The van der Waals surface area contributed by atoms with Crippen molar-refractivity contribution in [2.45, 2.75) is 18.2 Å². The van der Waals surface area contributed by atoms with Crippen LogP contribution in [0.15, 0.2) is 53.4 Å². The van der Waals surface area contributed by atoms with Crippen LogP contribution in [0.4, 0.5) is 5.69 Å². The molecule has 0 unspecified atom stereocenters. The van der Waals surface area contributed by atoms with Gasteiger partial charge in [-0.25, -0.2) is 13.6 Å². The molecule has 0 aromatic heterocycles. The number of carbonyl (C=O) groups is 2. The van der Waals surface area contributed by atoms with Crippen LogP contribution < -0.4 is 15.8 Å². The highest BCUT2D eigenvalue weighted by atomic mass is 32.2. The number of nitrogens with one attached hydrogen (secondary N) is 2. The first kappa shape index (κ1) is 18.6. The Balaban J connectivity index is 1.83. The lowest BCUT2D eigenvalue weighted by atomic mass is 10.1. The lowest BCUT2D eigenvalue weighted by Gasteiger charge is -2.08. The van der Waals surface area contributed by atoms with E-state index in [0.717, 1.165) is 5.56 Å². The number of rotatable bonds is 6. The molecule has 0 aliphatic carbocycles. The van der Waals surface area contributed by atoms with E-state index in [9.17, 15) is 18.0 Å². The second-order valence-corrected chi connectivity index (χ2v) is 7.00. The van der Waals surface area contributed by atoms with Crippen LogP contribution in [0.2, 0.25) is 0 Å². The monoisotopic (exact) mass is 361 g/mol. The summed E-state index contributed by atoms with van der Waals surface area (Å²) in [6.07, 6.45) is 0.0918. The number of sulfonamides is 1. The average Bonchev–Trinajstić information content (AvgIpc) is 2.54. The molecule has 0 atom stereocenters. The fraction of sp³-hybridized carbons (Fsp3) is 0.176. The second-order valence-electron chi connectivity index (χ2n) is 5.44. The number of carbonyl (C=O) groups excluding carboxylic acids is 2. The van der Waals surface area contributed by atoms with E-state index in [-0.39, 0.29) is 29.7 Å². The second kappa shape index (κ2) is 7.91. The summed E-state index contributed by atoms with van der Waals surface area (Å²) >= 11 is 0. The van der Waals surface area contributed by atoms with Gasteiger partial charge in [0.1, 0.15) is 0 Å². The minimum Gasteiger partial charge on any atom is -0.352 e. The summed E-state index contributed by atoms with van der Waals surface area (Å²) < 4.78 is 22.3. The van der Waals surface area contributed by atoms with Crippen molar-refractivity contribution in [3.63, 3.8) is 0 Å². The highest BCUT2D eigenvalue weighted by Gasteiger charge is 2.10. The molecule has 0 saturated heterocycles. The third kappa shape index (κ3) is 5.40. The number of primary sulfonamides is 1. The molecule has 0 aliphatic rings. The Kier molecular flexibility index (Phi) is 5.89. The molecule has 0 radical (unpaired) electrons. The van der Waals surface area contributed by atoms with Crippen molar-refractivity contribution in [3.8, 4) is 0 Å². The Hall–Kier alpha value is -2.71. The zero-order valence-corrected chi connectivity index (χ0v) is 14.5. The van der Waals surface area contributed by atoms with Gasteiger partial charge in [0.25, 0.3) is 5.91 Å². The van der Waals surface area contributed by atoms with Crippen LogP contribution in [0.5, 0.6) is 0 Å². The van der Waals surface area contributed by atoms with Crippen molar-refractivity contribution in [2.75, 3.05) is 11.9 Å². The van der Waals surface area contributed by atoms with Gasteiger partial charge in [-0.15, -0.1) is 0 Å². The molecule has 7 nitrogen and oxygen atoms in total. The van der Waals surface area contributed by atoms with E-state index in [4.69, 9.17) is 5.14 Å². The quantitative estimate of drug-likeness (QED) is 0.720. The van der Waals surface area contributed by atoms with Gasteiger partial charge in [0, 0.05) is 24.2 Å². The maximum atomic E-state index is 12.0. The normalized spacial score (nSPS) is 11.0. The molecule has 132 valence electrons. The van der Waals surface area contributed by atoms with Crippen molar-refractivity contribution in [1.29, 1.82) is 0 Å². The molecule has 0 bridgehead atoms. The zero-order chi connectivity index (χ0) is 18.4. The van der Waals surface area contributed by atoms with E-state index in [2.05, 4.69) is 10.6 Å². The first-order valence-corrected chi connectivity index (χ1v) is 9.08. The summed E-state index contributed by atoms with van der Waals surface area (Å²) in [5.74, 6) is -0.531. The van der Waals surface area contributed by atoms with Gasteiger partial charge in [0.05, 0.1) is 4.90 Å². The first-order valence-electron chi connectivity index (χ1n) is 7.54. The van der Waals surface area contributed by atoms with Gasteiger partial charge < -0.3 is 10.6 Å². The molecule has 4 N–H and O–H groups in total. The molecule has 0 heterocycles. The Morgan fingerprint density at radius 3 is 2.28 bits per heavy atom. The maximum Gasteiger partial charge on any atom is 0.251 e. The number of benzene rings is 2. The number of hydrogen-bond donors (Lipinski definition) is 3. The summed E-state index contributed by atoms with van der Waals surface area (Å²) in [6.45, 7) is 2.03. The minimum absolute atomic E-state index is 0.0315. The standard InChI is InChI=1S/C17H19N3O4S/c1-12-4-2-3-5-15(12)17(22)19-11-10-16(21)20-13-6-8-14(9-7-13)25(18,23)24/h2-9H,10-11H2,1H3,(H,19,22)(H,20,21)(H2,18,23,24). The Bertz CT molecular complexity index is 877. The fourth-order valence-electron chi connectivity index (χ4n) is 2.16. The molecule has 0 spiro atoms. The molecule has 0 aliphatic heterocycles. The SMILES string of the molecule is Cc1ccccc1C(=O)NCCC(=O)Nc1ccc(S(N)(=O)=O)cc1. The zero-order valence-electron chi connectivity index (χ0n) is 13.7. The van der Waals surface area contributed by atoms with Crippen LogP contribution in [0.3, 0.4) is 0 Å². The number of anilines is 1. The number of aryl methyl sites for hydroxylation is 1. The fourth-order valence-corrected chi connectivity index (χ4v) is 2.68. The molecule has 25 heavy (non-hydrogen) atoms. The van der Waals surface area contributed by atoms with Crippen LogP contribution in [0.25, 0.3) is 0 Å². The van der Waals surface area contributed by atoms with Gasteiger partial charge in [-0.1, -0.05) is 18.2 Å². The van der Waals surface area contributed by atoms with Gasteiger partial charge in [0.2, 0.25) is 15.9 Å². The molecule has 0 fully saturated rings. The van der Waals surface area contributed by atoms with Gasteiger partial charge in [0.15, 0.2) is 0 Å². The van der Waals surface area contributed by atoms with Gasteiger partial charge >= 0.3 is 0 Å². The van der Waals surface area contributed by atoms with Crippen molar-refractivity contribution in [3.05, 3.63) is 59.7 Å². The van der Waals surface area contributed by atoms with Gasteiger partial charge in [-0.3, -0.25) is 9.59 Å². The third-order valence-corrected chi connectivity index (χ3v) is 4.42. The number of hydrogen-bond acceptors (Lipinski definition) is 4. The van der Waals surface area contributed by atoms with E-state index >= 15 is 0 Å². The Labute approximate surface area is 146 Å². The smallest absolute Gasteiger partial charge is 0.251 e. The first-order chi connectivity index (χ1) is 11.8. The maximum absolute atomic E-state index is 12.0. The van der Waals surface area contributed by atoms with Gasteiger partial charge in [-0.2, -0.15) is 0 Å². The van der Waals surface area contributed by atoms with E-state index in [1.807, 2.05) is 19.1 Å². The summed E-state index contributed by atoms with van der Waals surface area (Å²) in [7, 11) is -3.76. The van der Waals surface area contributed by atoms with Crippen LogP contribution in [-0.2, 0) is 14.8 Å². The Morgan fingerprint density at radius 1 is 1.04 bits per heavy atom. The van der Waals surface area contributed by atoms with E-state index in [0.29, 0.717) is 11.3 Å². The summed E-state index contributed by atoms with van der Waals surface area (Å²) in [4.78, 5) is 23.9. The summed E-state index contributed by atoms with van der Waals surface area (Å²) in [5, 5.41) is 10.3. The van der Waals surface area contributed by atoms with Crippen LogP contribution in [0.1, 0.15) is 22.3 Å². The lowest BCUT2D eigenvalue weighted by Crippen LogP contribution is -2.28. The topological polar surface area (TPSA) is 118 Å². The third-order valence-electron chi connectivity index (χ3n) is 3.49. The molecular weight excluding hydrogens is 342 g/mol. The molecule has 2 aromatic rings. The predicted molar refractivity (Wildman–Crippen MR) is 94.6 cm³/mol. The molecule has 2 rings (SSSR count). The predicted octanol–water partition coefficient (Wildman–Crippen LogP) is 1.40. The number of amides is 2. The molecule has 2 amide bonds. The summed E-state index contributed by atoms with van der Waals surface area (Å²) in [6, 6.07) is 12.7. The highest BCUT2D eigenvalue weighted by Crippen LogP contribution is 2.13. The van der Waals surface area contributed by atoms with Gasteiger partial charge in [-0.05, 0) is 42.8 Å². The lowest BCUT2D eigenvalue weighted by molar-refractivity contribution is -0.116. The minimum atomic E-state index is -3.76. The van der Waals surface area contributed by atoms with E-state index in [1.165, 1.54) is 24.3 Å². The van der Waals surface area contributed by atoms with Crippen LogP contribution >= 0.6 is 0 Å².